The molecule has 0 bridgehead atoms. The fraction of sp³-hybridized carbons (Fsp3) is 0.238. The Balaban J connectivity index is 1.22. The van der Waals surface area contributed by atoms with Crippen LogP contribution in [0, 0.1) is 34.9 Å². The van der Waals surface area contributed by atoms with Crippen molar-refractivity contribution in [3.8, 4) is 34.3 Å². The second-order valence-corrected chi connectivity index (χ2v) is 14.8. The minimum Gasteiger partial charge on any atom is -0.416 e. The Morgan fingerprint density at radius 2 is 0.983 bits per heavy atom. The molecule has 2 atom stereocenters. The molecule has 2 fully saturated rings. The van der Waals surface area contributed by atoms with Crippen molar-refractivity contribution in [2.24, 2.45) is 0 Å². The van der Waals surface area contributed by atoms with Crippen LogP contribution in [0.2, 0.25) is 0 Å². The van der Waals surface area contributed by atoms with Gasteiger partial charge in [0.2, 0.25) is 10.9 Å². The van der Waals surface area contributed by atoms with E-state index in [-0.39, 0.29) is 67.8 Å². The largest absolute Gasteiger partial charge is 0.416 e. The summed E-state index contributed by atoms with van der Waals surface area (Å²) < 4.78 is 99.5. The van der Waals surface area contributed by atoms with Gasteiger partial charge in [-0.25, -0.2) is 26.3 Å². The molecular weight excluding hydrogens is 779 g/mol. The highest BCUT2D eigenvalue weighted by molar-refractivity contribution is 5.89. The molecule has 0 saturated carbocycles. The molecule has 0 spiro atoms. The summed E-state index contributed by atoms with van der Waals surface area (Å²) in [5, 5.41) is 14.2. The van der Waals surface area contributed by atoms with E-state index in [0.717, 1.165) is 36.4 Å². The molecule has 2 saturated heterocycles. The Hall–Kier alpha value is -6.46. The van der Waals surface area contributed by atoms with E-state index < -0.39 is 57.5 Å². The smallest absolute Gasteiger partial charge is 0.253 e. The summed E-state index contributed by atoms with van der Waals surface area (Å²) in [5.41, 5.74) is -2.04. The highest BCUT2D eigenvalue weighted by Gasteiger charge is 2.27. The lowest BCUT2D eigenvalue weighted by Crippen LogP contribution is -2.49. The minimum atomic E-state index is -0.986. The number of nitrogens with zero attached hydrogens (tertiary/aromatic N) is 6. The molecule has 59 heavy (non-hydrogen) atoms. The molecule has 2 unspecified atom stereocenters. The zero-order chi connectivity index (χ0) is 41.3. The number of hydrogen-bond acceptors (Lipinski definition) is 9. The Morgan fingerprint density at radius 1 is 0.576 bits per heavy atom. The third kappa shape index (κ3) is 6.78. The van der Waals surface area contributed by atoms with Gasteiger partial charge in [0.1, 0.15) is 46.0 Å². The number of anilines is 2. The molecule has 302 valence electrons. The average molecular weight is 813 g/mol. The standard InChI is InChI=1S/C42H34F6N8O3/c1-21-17-53(9-7-49-21)37-15-35-25(13-31(37)47)39(57)27(19-55(35)33-5-3-23(43)11-29(33)45)41-51-52-42(59-41)28-20-56(34-6-4-24(44)12-30(34)46)36-16-38(32(48)14-26(36)40(28)58)54-10-8-50-22(2)18-54/h3-6,11-16,19-22,49-50H,7-10,17-18H2,1-2H3. The van der Waals surface area contributed by atoms with Crippen LogP contribution in [0.4, 0.5) is 37.7 Å². The summed E-state index contributed by atoms with van der Waals surface area (Å²) in [4.78, 5) is 32.0. The lowest BCUT2D eigenvalue weighted by atomic mass is 10.1. The molecule has 9 rings (SSSR count). The number of pyridine rings is 2. The molecule has 5 heterocycles. The second kappa shape index (κ2) is 14.7. The first kappa shape index (κ1) is 38.1. The summed E-state index contributed by atoms with van der Waals surface area (Å²) in [7, 11) is 0. The maximum Gasteiger partial charge on any atom is 0.253 e. The Kier molecular flexibility index (Phi) is 9.51. The van der Waals surface area contributed by atoms with Gasteiger partial charge in [-0.3, -0.25) is 9.59 Å². The normalized spacial score (nSPS) is 17.4. The van der Waals surface area contributed by atoms with E-state index in [1.807, 2.05) is 13.8 Å². The van der Waals surface area contributed by atoms with Crippen molar-refractivity contribution in [2.75, 3.05) is 49.1 Å². The van der Waals surface area contributed by atoms with Crippen molar-refractivity contribution >= 4 is 33.2 Å². The van der Waals surface area contributed by atoms with Gasteiger partial charge in [-0.2, -0.15) is 0 Å². The number of aromatic nitrogens is 4. The predicted octanol–water partition coefficient (Wildman–Crippen LogP) is 6.44. The zero-order valence-corrected chi connectivity index (χ0v) is 31.5. The fourth-order valence-electron chi connectivity index (χ4n) is 7.95. The van der Waals surface area contributed by atoms with Crippen molar-refractivity contribution in [1.82, 2.24) is 30.0 Å². The van der Waals surface area contributed by atoms with Crippen LogP contribution < -0.4 is 31.3 Å². The van der Waals surface area contributed by atoms with Crippen LogP contribution in [-0.4, -0.2) is 70.7 Å². The molecule has 7 aromatic rings. The van der Waals surface area contributed by atoms with Gasteiger partial charge in [-0.05, 0) is 62.4 Å². The third-order valence-corrected chi connectivity index (χ3v) is 10.8. The van der Waals surface area contributed by atoms with E-state index in [0.29, 0.717) is 51.4 Å². The first-order valence-corrected chi connectivity index (χ1v) is 18.8. The number of nitrogens with one attached hydrogen (secondary N) is 2. The molecule has 17 heteroatoms. The molecule has 2 N–H and O–H groups in total. The Morgan fingerprint density at radius 3 is 1.37 bits per heavy atom. The zero-order valence-electron chi connectivity index (χ0n) is 31.5. The van der Waals surface area contributed by atoms with E-state index in [2.05, 4.69) is 20.8 Å². The van der Waals surface area contributed by atoms with Gasteiger partial charge in [-0.1, -0.05) is 0 Å². The van der Waals surface area contributed by atoms with Crippen molar-refractivity contribution in [3.63, 3.8) is 0 Å². The third-order valence-electron chi connectivity index (χ3n) is 10.8. The summed E-state index contributed by atoms with van der Waals surface area (Å²) in [6, 6.07) is 10.7. The molecule has 2 aliphatic rings. The van der Waals surface area contributed by atoms with Gasteiger partial charge in [0.15, 0.2) is 0 Å². The number of fused-ring (bicyclic) bond motifs is 2. The van der Waals surface area contributed by atoms with Crippen molar-refractivity contribution in [2.45, 2.75) is 25.9 Å². The average Bonchev–Trinajstić information content (AvgIpc) is 3.69. The molecule has 4 aromatic carbocycles. The Bertz CT molecular complexity index is 2760. The SMILES string of the molecule is CC1CN(c2cc3c(cc2F)c(=O)c(-c2nnc(-c4cn(-c5ccc(F)cc5F)c5cc(N6CCNC(C)C6)c(F)cc5c4=O)o2)cn3-c2ccc(F)cc2F)CCN1. The lowest BCUT2D eigenvalue weighted by molar-refractivity contribution is 0.478. The van der Waals surface area contributed by atoms with Crippen LogP contribution >= 0.6 is 0 Å². The van der Waals surface area contributed by atoms with Crippen LogP contribution in [-0.2, 0) is 0 Å². The molecular formula is C42H34F6N8O3. The van der Waals surface area contributed by atoms with Gasteiger partial charge >= 0.3 is 0 Å². The van der Waals surface area contributed by atoms with Crippen molar-refractivity contribution in [3.05, 3.63) is 128 Å². The van der Waals surface area contributed by atoms with Crippen LogP contribution in [0.5, 0.6) is 0 Å². The summed E-state index contributed by atoms with van der Waals surface area (Å²) in [6.07, 6.45) is 2.39. The van der Waals surface area contributed by atoms with Crippen molar-refractivity contribution < 1.29 is 30.8 Å². The Labute approximate surface area is 331 Å². The number of halogens is 6. The minimum absolute atomic E-state index is 0.0313. The summed E-state index contributed by atoms with van der Waals surface area (Å²) >= 11 is 0. The second-order valence-electron chi connectivity index (χ2n) is 14.8. The molecule has 11 nitrogen and oxygen atoms in total. The van der Waals surface area contributed by atoms with E-state index in [4.69, 9.17) is 4.42 Å². The van der Waals surface area contributed by atoms with Crippen LogP contribution in [0.1, 0.15) is 13.8 Å². The van der Waals surface area contributed by atoms with Crippen LogP contribution in [0.15, 0.2) is 87.1 Å². The van der Waals surface area contributed by atoms with E-state index in [9.17, 15) is 18.4 Å². The van der Waals surface area contributed by atoms with Gasteiger partial charge < -0.3 is 34.0 Å². The molecule has 0 amide bonds. The maximum atomic E-state index is 15.9. The predicted molar refractivity (Wildman–Crippen MR) is 210 cm³/mol. The fourth-order valence-corrected chi connectivity index (χ4v) is 7.95. The lowest BCUT2D eigenvalue weighted by Gasteiger charge is -2.34. The number of hydrogen-bond donors (Lipinski definition) is 2. The number of rotatable bonds is 6. The van der Waals surface area contributed by atoms with Crippen LogP contribution in [0.25, 0.3) is 56.1 Å². The molecule has 0 radical (unpaired) electrons. The molecule has 2 aliphatic heterocycles. The summed E-state index contributed by atoms with van der Waals surface area (Å²) in [5.74, 6) is -6.03. The maximum absolute atomic E-state index is 15.9. The highest BCUT2D eigenvalue weighted by atomic mass is 19.2. The topological polar surface area (TPSA) is 113 Å². The molecule has 3 aromatic heterocycles. The number of piperazine rings is 2. The van der Waals surface area contributed by atoms with E-state index in [1.165, 1.54) is 33.7 Å². The van der Waals surface area contributed by atoms with Crippen LogP contribution in [0.3, 0.4) is 0 Å². The first-order chi connectivity index (χ1) is 28.3. The van der Waals surface area contributed by atoms with Gasteiger partial charge in [-0.15, -0.1) is 10.2 Å². The number of benzene rings is 4. The highest BCUT2D eigenvalue weighted by Crippen LogP contribution is 2.33. The van der Waals surface area contributed by atoms with Gasteiger partial charge in [0.25, 0.3) is 11.8 Å². The van der Waals surface area contributed by atoms with Gasteiger partial charge in [0.05, 0.1) is 33.8 Å². The van der Waals surface area contributed by atoms with Crippen molar-refractivity contribution in [1.29, 1.82) is 0 Å². The van der Waals surface area contributed by atoms with Gasteiger partial charge in [0, 0.05) is 86.7 Å². The summed E-state index contributed by atoms with van der Waals surface area (Å²) in [6.45, 7) is 6.85. The quantitative estimate of drug-likeness (QED) is 0.183. The van der Waals surface area contributed by atoms with E-state index in [1.54, 1.807) is 9.80 Å². The monoisotopic (exact) mass is 812 g/mol. The molecule has 0 aliphatic carbocycles. The van der Waals surface area contributed by atoms with E-state index >= 15 is 17.6 Å². The first-order valence-electron chi connectivity index (χ1n) is 18.8.